The lowest BCUT2D eigenvalue weighted by Gasteiger charge is -2.20. The first-order valence-electron chi connectivity index (χ1n) is 4.23. The predicted molar refractivity (Wildman–Crippen MR) is 52.4 cm³/mol. The molecule has 1 aromatic rings. The monoisotopic (exact) mass is 195 g/mol. The van der Waals surface area contributed by atoms with Gasteiger partial charge in [-0.1, -0.05) is 0 Å². The predicted octanol–water partition coefficient (Wildman–Crippen LogP) is 1.39. The average Bonchev–Trinajstić information content (AvgIpc) is 2.01. The van der Waals surface area contributed by atoms with E-state index in [2.05, 4.69) is 15.5 Å². The maximum absolute atomic E-state index is 10.6. The minimum Gasteiger partial charge on any atom is -0.478 e. The Balaban J connectivity index is 2.89. The van der Waals surface area contributed by atoms with Gasteiger partial charge in [0.25, 0.3) is 0 Å². The first-order chi connectivity index (χ1) is 6.38. The van der Waals surface area contributed by atoms with Gasteiger partial charge in [-0.25, -0.2) is 4.79 Å². The summed E-state index contributed by atoms with van der Waals surface area (Å²) in [4.78, 5) is 10.6. The lowest BCUT2D eigenvalue weighted by atomic mass is 10.1. The molecule has 0 aromatic carbocycles. The summed E-state index contributed by atoms with van der Waals surface area (Å²) < 4.78 is 0. The van der Waals surface area contributed by atoms with Crippen LogP contribution in [0, 0.1) is 0 Å². The van der Waals surface area contributed by atoms with E-state index in [1.54, 1.807) is 0 Å². The van der Waals surface area contributed by atoms with Gasteiger partial charge in [0, 0.05) is 5.54 Å². The first kappa shape index (κ1) is 10.4. The Bertz CT molecular complexity index is 344. The molecule has 0 unspecified atom stereocenters. The number of nitrogens with one attached hydrogen (secondary N) is 1. The van der Waals surface area contributed by atoms with Gasteiger partial charge >= 0.3 is 5.97 Å². The normalized spacial score (nSPS) is 11.1. The molecule has 2 N–H and O–H groups in total. The highest BCUT2D eigenvalue weighted by atomic mass is 16.4. The topological polar surface area (TPSA) is 75.1 Å². The van der Waals surface area contributed by atoms with Crippen LogP contribution in [0.5, 0.6) is 0 Å². The van der Waals surface area contributed by atoms with E-state index in [0.29, 0.717) is 5.82 Å². The molecule has 5 heteroatoms. The second-order valence-corrected chi connectivity index (χ2v) is 4.01. The van der Waals surface area contributed by atoms with Crippen LogP contribution in [0.3, 0.4) is 0 Å². The lowest BCUT2D eigenvalue weighted by Crippen LogP contribution is -2.27. The summed E-state index contributed by atoms with van der Waals surface area (Å²) >= 11 is 0. The van der Waals surface area contributed by atoms with Crippen LogP contribution in [0.15, 0.2) is 12.3 Å². The zero-order valence-corrected chi connectivity index (χ0v) is 8.40. The molecule has 0 atom stereocenters. The Morgan fingerprint density at radius 3 is 2.64 bits per heavy atom. The second kappa shape index (κ2) is 3.61. The van der Waals surface area contributed by atoms with Crippen LogP contribution in [0.2, 0.25) is 0 Å². The zero-order chi connectivity index (χ0) is 10.8. The van der Waals surface area contributed by atoms with E-state index in [9.17, 15) is 4.79 Å². The number of nitrogens with zero attached hydrogens (tertiary/aromatic N) is 2. The van der Waals surface area contributed by atoms with Crippen LogP contribution in [-0.2, 0) is 0 Å². The highest BCUT2D eigenvalue weighted by Gasteiger charge is 2.12. The molecule has 1 heterocycles. The molecule has 14 heavy (non-hydrogen) atoms. The van der Waals surface area contributed by atoms with Crippen molar-refractivity contribution in [2.75, 3.05) is 5.32 Å². The van der Waals surface area contributed by atoms with Crippen molar-refractivity contribution < 1.29 is 9.90 Å². The van der Waals surface area contributed by atoms with Gasteiger partial charge < -0.3 is 10.4 Å². The number of hydrogen-bond donors (Lipinski definition) is 2. The van der Waals surface area contributed by atoms with E-state index in [1.807, 2.05) is 20.8 Å². The Labute approximate surface area is 82.2 Å². The van der Waals surface area contributed by atoms with Gasteiger partial charge in [-0.2, -0.15) is 5.10 Å². The summed E-state index contributed by atoms with van der Waals surface area (Å²) in [6, 6.07) is 1.46. The third-order valence-electron chi connectivity index (χ3n) is 1.40. The van der Waals surface area contributed by atoms with Gasteiger partial charge in [-0.3, -0.25) is 0 Å². The molecule has 1 rings (SSSR count). The van der Waals surface area contributed by atoms with E-state index >= 15 is 0 Å². The Kier molecular flexibility index (Phi) is 2.69. The van der Waals surface area contributed by atoms with Crippen LogP contribution in [-0.4, -0.2) is 26.8 Å². The standard InChI is InChI=1S/C9H13N3O2/c1-9(2,3)11-7-4-6(8(13)14)5-10-12-7/h4-5H,1-3H3,(H,11,12)(H,13,14). The van der Waals surface area contributed by atoms with Gasteiger partial charge in [0.15, 0.2) is 0 Å². The minimum atomic E-state index is -1.00. The zero-order valence-electron chi connectivity index (χ0n) is 8.40. The molecule has 0 fully saturated rings. The number of aromatic nitrogens is 2. The highest BCUT2D eigenvalue weighted by Crippen LogP contribution is 2.11. The van der Waals surface area contributed by atoms with Crippen LogP contribution >= 0.6 is 0 Å². The molecule has 0 bridgehead atoms. The van der Waals surface area contributed by atoms with Crippen molar-refractivity contribution in [1.29, 1.82) is 0 Å². The number of carbonyl (C=O) groups is 1. The van der Waals surface area contributed by atoms with Crippen molar-refractivity contribution in [3.05, 3.63) is 17.8 Å². The number of carboxylic acid groups (broad SMARTS) is 1. The quantitative estimate of drug-likeness (QED) is 0.745. The number of carboxylic acids is 1. The van der Waals surface area contributed by atoms with Crippen LogP contribution < -0.4 is 5.32 Å². The SMILES string of the molecule is CC(C)(C)Nc1cc(C(=O)O)cnn1. The molecule has 0 aliphatic carbocycles. The van der Waals surface area contributed by atoms with Crippen LogP contribution in [0.25, 0.3) is 0 Å². The Morgan fingerprint density at radius 1 is 1.50 bits per heavy atom. The molecule has 5 nitrogen and oxygen atoms in total. The fourth-order valence-corrected chi connectivity index (χ4v) is 0.929. The fourth-order valence-electron chi connectivity index (χ4n) is 0.929. The molecule has 0 saturated carbocycles. The molecule has 0 spiro atoms. The molecule has 76 valence electrons. The fraction of sp³-hybridized carbons (Fsp3) is 0.444. The van der Waals surface area contributed by atoms with Crippen molar-refractivity contribution in [2.45, 2.75) is 26.3 Å². The molecule has 1 aromatic heterocycles. The van der Waals surface area contributed by atoms with Gasteiger partial charge in [0.2, 0.25) is 0 Å². The molecule has 0 aliphatic heterocycles. The third-order valence-corrected chi connectivity index (χ3v) is 1.40. The second-order valence-electron chi connectivity index (χ2n) is 4.01. The molecular weight excluding hydrogens is 182 g/mol. The van der Waals surface area contributed by atoms with Crippen molar-refractivity contribution in [2.24, 2.45) is 0 Å². The summed E-state index contributed by atoms with van der Waals surface area (Å²) in [6.07, 6.45) is 1.22. The van der Waals surface area contributed by atoms with Crippen molar-refractivity contribution >= 4 is 11.8 Å². The van der Waals surface area contributed by atoms with Gasteiger partial charge in [0.1, 0.15) is 5.82 Å². The summed E-state index contributed by atoms with van der Waals surface area (Å²) in [5.74, 6) is -0.533. The highest BCUT2D eigenvalue weighted by molar-refractivity contribution is 5.87. The van der Waals surface area contributed by atoms with E-state index in [4.69, 9.17) is 5.11 Å². The van der Waals surface area contributed by atoms with Crippen molar-refractivity contribution in [3.63, 3.8) is 0 Å². The summed E-state index contributed by atoms with van der Waals surface area (Å²) in [5.41, 5.74) is -0.0297. The van der Waals surface area contributed by atoms with Gasteiger partial charge in [0.05, 0.1) is 11.8 Å². The summed E-state index contributed by atoms with van der Waals surface area (Å²) in [6.45, 7) is 5.88. The third kappa shape index (κ3) is 3.01. The first-order valence-corrected chi connectivity index (χ1v) is 4.23. The van der Waals surface area contributed by atoms with Gasteiger partial charge in [-0.05, 0) is 26.8 Å². The summed E-state index contributed by atoms with van der Waals surface area (Å²) in [7, 11) is 0. The smallest absolute Gasteiger partial charge is 0.337 e. The summed E-state index contributed by atoms with van der Waals surface area (Å²) in [5, 5.41) is 19.1. The van der Waals surface area contributed by atoms with Gasteiger partial charge in [-0.15, -0.1) is 5.10 Å². The molecule has 0 aliphatic rings. The van der Waals surface area contributed by atoms with Crippen molar-refractivity contribution in [3.8, 4) is 0 Å². The largest absolute Gasteiger partial charge is 0.478 e. The number of hydrogen-bond acceptors (Lipinski definition) is 4. The average molecular weight is 195 g/mol. The van der Waals surface area contributed by atoms with Crippen LogP contribution in [0.4, 0.5) is 5.82 Å². The molecule has 0 radical (unpaired) electrons. The van der Waals surface area contributed by atoms with Crippen LogP contribution in [0.1, 0.15) is 31.1 Å². The number of rotatable bonds is 2. The Hall–Kier alpha value is -1.65. The number of aromatic carboxylic acids is 1. The molecule has 0 amide bonds. The maximum atomic E-state index is 10.6. The Morgan fingerprint density at radius 2 is 2.14 bits per heavy atom. The van der Waals surface area contributed by atoms with E-state index < -0.39 is 5.97 Å². The lowest BCUT2D eigenvalue weighted by molar-refractivity contribution is 0.0696. The molecule has 0 saturated heterocycles. The number of anilines is 1. The molecular formula is C9H13N3O2. The maximum Gasteiger partial charge on any atom is 0.337 e. The minimum absolute atomic E-state index is 0.131. The van der Waals surface area contributed by atoms with Crippen molar-refractivity contribution in [1.82, 2.24) is 10.2 Å². The van der Waals surface area contributed by atoms with E-state index in [0.717, 1.165) is 0 Å². The van der Waals surface area contributed by atoms with E-state index in [-0.39, 0.29) is 11.1 Å². The van der Waals surface area contributed by atoms with E-state index in [1.165, 1.54) is 12.3 Å².